The Morgan fingerprint density at radius 1 is 1.33 bits per heavy atom. The van der Waals surface area contributed by atoms with E-state index in [-0.39, 0.29) is 5.91 Å². The number of benzene rings is 1. The molecular formula is C18H25N5O. The molecule has 0 radical (unpaired) electrons. The Balaban J connectivity index is 1.40. The molecule has 0 spiro atoms. The fourth-order valence-corrected chi connectivity index (χ4v) is 3.28. The van der Waals surface area contributed by atoms with Crippen molar-refractivity contribution in [2.24, 2.45) is 5.92 Å². The average Bonchev–Trinajstić information content (AvgIpc) is 3.27. The van der Waals surface area contributed by atoms with E-state index in [4.69, 9.17) is 0 Å². The monoisotopic (exact) mass is 327 g/mol. The van der Waals surface area contributed by atoms with Crippen LogP contribution in [0.2, 0.25) is 0 Å². The first-order valence-corrected chi connectivity index (χ1v) is 8.59. The third-order valence-corrected chi connectivity index (χ3v) is 4.61. The summed E-state index contributed by atoms with van der Waals surface area (Å²) in [6, 6.07) is 10.5. The van der Waals surface area contributed by atoms with E-state index in [0.717, 1.165) is 39.0 Å². The van der Waals surface area contributed by atoms with Crippen molar-refractivity contribution in [1.82, 2.24) is 19.7 Å². The van der Waals surface area contributed by atoms with Gasteiger partial charge in [-0.3, -0.25) is 9.48 Å². The van der Waals surface area contributed by atoms with E-state index in [2.05, 4.69) is 39.2 Å². The number of nitrogens with zero attached hydrogens (tertiary/aromatic N) is 5. The maximum absolute atomic E-state index is 12.3. The highest BCUT2D eigenvalue weighted by molar-refractivity contribution is 5.75. The zero-order chi connectivity index (χ0) is 16.8. The molecule has 3 rings (SSSR count). The molecule has 1 aromatic heterocycles. The lowest BCUT2D eigenvalue weighted by Crippen LogP contribution is -2.33. The number of para-hydroxylation sites is 1. The summed E-state index contributed by atoms with van der Waals surface area (Å²) in [5.41, 5.74) is 1.28. The van der Waals surface area contributed by atoms with E-state index in [1.807, 2.05) is 18.0 Å². The number of carbonyl (C=O) groups is 1. The number of aryl methyl sites for hydroxylation is 1. The van der Waals surface area contributed by atoms with Crippen LogP contribution in [0.1, 0.15) is 19.3 Å². The van der Waals surface area contributed by atoms with E-state index in [9.17, 15) is 4.79 Å². The molecule has 1 aliphatic rings. The van der Waals surface area contributed by atoms with Crippen molar-refractivity contribution < 1.29 is 4.79 Å². The maximum Gasteiger partial charge on any atom is 0.222 e. The number of aromatic nitrogens is 3. The predicted octanol–water partition coefficient (Wildman–Crippen LogP) is 2.04. The minimum Gasteiger partial charge on any atom is -0.371 e. The number of amides is 1. The average molecular weight is 327 g/mol. The lowest BCUT2D eigenvalue weighted by Gasteiger charge is -2.22. The van der Waals surface area contributed by atoms with Crippen molar-refractivity contribution in [2.45, 2.75) is 25.8 Å². The summed E-state index contributed by atoms with van der Waals surface area (Å²) in [6.45, 7) is 3.68. The highest BCUT2D eigenvalue weighted by Crippen LogP contribution is 2.24. The van der Waals surface area contributed by atoms with Gasteiger partial charge in [0.05, 0.1) is 0 Å². The zero-order valence-electron chi connectivity index (χ0n) is 14.2. The van der Waals surface area contributed by atoms with Crippen LogP contribution < -0.4 is 4.90 Å². The Hall–Kier alpha value is -2.37. The summed E-state index contributed by atoms with van der Waals surface area (Å²) >= 11 is 0. The highest BCUT2D eigenvalue weighted by Gasteiger charge is 2.24. The summed E-state index contributed by atoms with van der Waals surface area (Å²) < 4.78 is 1.77. The van der Waals surface area contributed by atoms with Crippen LogP contribution in [0.25, 0.3) is 0 Å². The molecule has 128 valence electrons. The third-order valence-electron chi connectivity index (χ3n) is 4.61. The SMILES string of the molecule is CN(CC1CCN(c2ccccc2)C1)C(=O)CCCn1cncn1. The lowest BCUT2D eigenvalue weighted by molar-refractivity contribution is -0.130. The van der Waals surface area contributed by atoms with E-state index < -0.39 is 0 Å². The first-order chi connectivity index (χ1) is 11.7. The van der Waals surface area contributed by atoms with Gasteiger partial charge in [0, 0.05) is 45.3 Å². The number of anilines is 1. The second-order valence-corrected chi connectivity index (χ2v) is 6.47. The van der Waals surface area contributed by atoms with Gasteiger partial charge < -0.3 is 9.80 Å². The first-order valence-electron chi connectivity index (χ1n) is 8.59. The van der Waals surface area contributed by atoms with Gasteiger partial charge in [-0.2, -0.15) is 5.10 Å². The molecule has 1 amide bonds. The molecule has 6 heteroatoms. The fourth-order valence-electron chi connectivity index (χ4n) is 3.28. The minimum absolute atomic E-state index is 0.216. The summed E-state index contributed by atoms with van der Waals surface area (Å²) in [5.74, 6) is 0.766. The molecule has 0 saturated carbocycles. The molecule has 6 nitrogen and oxygen atoms in total. The molecule has 1 aromatic carbocycles. The van der Waals surface area contributed by atoms with E-state index >= 15 is 0 Å². The maximum atomic E-state index is 12.3. The third kappa shape index (κ3) is 4.34. The Labute approximate surface area is 143 Å². The topological polar surface area (TPSA) is 54.3 Å². The quantitative estimate of drug-likeness (QED) is 0.781. The second kappa shape index (κ2) is 7.95. The van der Waals surface area contributed by atoms with Crippen LogP contribution in [0.4, 0.5) is 5.69 Å². The Morgan fingerprint density at radius 3 is 2.92 bits per heavy atom. The van der Waals surface area contributed by atoms with Crippen molar-refractivity contribution in [2.75, 3.05) is 31.6 Å². The van der Waals surface area contributed by atoms with Gasteiger partial charge in [-0.1, -0.05) is 18.2 Å². The lowest BCUT2D eigenvalue weighted by atomic mass is 10.1. The number of rotatable bonds is 7. The second-order valence-electron chi connectivity index (χ2n) is 6.47. The molecule has 0 bridgehead atoms. The smallest absolute Gasteiger partial charge is 0.222 e. The summed E-state index contributed by atoms with van der Waals surface area (Å²) in [7, 11) is 1.92. The normalized spacial score (nSPS) is 17.2. The number of carbonyl (C=O) groups excluding carboxylic acids is 1. The van der Waals surface area contributed by atoms with Crippen molar-refractivity contribution in [3.8, 4) is 0 Å². The van der Waals surface area contributed by atoms with Crippen molar-refractivity contribution in [3.05, 3.63) is 43.0 Å². The summed E-state index contributed by atoms with van der Waals surface area (Å²) in [5, 5.41) is 4.05. The summed E-state index contributed by atoms with van der Waals surface area (Å²) in [4.78, 5) is 20.5. The molecular weight excluding hydrogens is 302 g/mol. The zero-order valence-corrected chi connectivity index (χ0v) is 14.2. The van der Waals surface area contributed by atoms with Gasteiger partial charge in [0.2, 0.25) is 5.91 Å². The largest absolute Gasteiger partial charge is 0.371 e. The summed E-state index contributed by atoms with van der Waals surface area (Å²) in [6.07, 6.45) is 5.71. The standard InChI is InChI=1S/C18H25N5O/c1-21(18(24)8-5-10-23-15-19-14-20-23)12-16-9-11-22(13-16)17-6-3-2-4-7-17/h2-4,6-7,14-16H,5,8-13H2,1H3. The van der Waals surface area contributed by atoms with Crippen molar-refractivity contribution in [3.63, 3.8) is 0 Å². The van der Waals surface area contributed by atoms with Gasteiger partial charge in [-0.05, 0) is 30.9 Å². The van der Waals surface area contributed by atoms with Crippen LogP contribution in [0, 0.1) is 5.92 Å². The molecule has 1 saturated heterocycles. The molecule has 1 atom stereocenters. The van der Waals surface area contributed by atoms with E-state index in [0.29, 0.717) is 12.3 Å². The Morgan fingerprint density at radius 2 is 2.17 bits per heavy atom. The highest BCUT2D eigenvalue weighted by atomic mass is 16.2. The van der Waals surface area contributed by atoms with Gasteiger partial charge in [0.25, 0.3) is 0 Å². The van der Waals surface area contributed by atoms with Crippen LogP contribution in [-0.4, -0.2) is 52.3 Å². The van der Waals surface area contributed by atoms with Crippen LogP contribution >= 0.6 is 0 Å². The molecule has 2 aromatic rings. The van der Waals surface area contributed by atoms with Crippen LogP contribution in [0.3, 0.4) is 0 Å². The van der Waals surface area contributed by atoms with Crippen molar-refractivity contribution in [1.29, 1.82) is 0 Å². The minimum atomic E-state index is 0.216. The van der Waals surface area contributed by atoms with Gasteiger partial charge in [0.15, 0.2) is 0 Å². The predicted molar refractivity (Wildman–Crippen MR) is 93.7 cm³/mol. The van der Waals surface area contributed by atoms with Gasteiger partial charge in [0.1, 0.15) is 12.7 Å². The molecule has 24 heavy (non-hydrogen) atoms. The Bertz CT molecular complexity index is 628. The van der Waals surface area contributed by atoms with Crippen LogP contribution in [-0.2, 0) is 11.3 Å². The number of hydrogen-bond donors (Lipinski definition) is 0. The number of hydrogen-bond acceptors (Lipinski definition) is 4. The fraction of sp³-hybridized carbons (Fsp3) is 0.500. The molecule has 0 N–H and O–H groups in total. The van der Waals surface area contributed by atoms with Crippen molar-refractivity contribution >= 4 is 11.6 Å². The molecule has 1 aliphatic heterocycles. The van der Waals surface area contributed by atoms with Gasteiger partial charge in [-0.25, -0.2) is 4.98 Å². The van der Waals surface area contributed by atoms with E-state index in [1.54, 1.807) is 11.0 Å². The van der Waals surface area contributed by atoms with Gasteiger partial charge >= 0.3 is 0 Å². The first kappa shape index (κ1) is 16.5. The molecule has 2 heterocycles. The van der Waals surface area contributed by atoms with E-state index in [1.165, 1.54) is 12.0 Å². The Kier molecular flexibility index (Phi) is 5.46. The van der Waals surface area contributed by atoms with Crippen LogP contribution in [0.15, 0.2) is 43.0 Å². The molecule has 0 aliphatic carbocycles. The van der Waals surface area contributed by atoms with Crippen LogP contribution in [0.5, 0.6) is 0 Å². The van der Waals surface area contributed by atoms with Gasteiger partial charge in [-0.15, -0.1) is 0 Å². The molecule has 1 fully saturated rings. The molecule has 1 unspecified atom stereocenters.